The van der Waals surface area contributed by atoms with E-state index in [-0.39, 0.29) is 10.8 Å². The minimum atomic E-state index is 0.0915. The molecule has 0 aromatic heterocycles. The first-order valence-corrected chi connectivity index (χ1v) is 5.81. The molecular formula is C12H28N2O. The second-order valence-corrected chi connectivity index (χ2v) is 5.81. The van der Waals surface area contributed by atoms with E-state index in [4.69, 9.17) is 10.5 Å². The van der Waals surface area contributed by atoms with Crippen LogP contribution in [0, 0.1) is 10.8 Å². The summed E-state index contributed by atoms with van der Waals surface area (Å²) in [6.07, 6.45) is 0. The van der Waals surface area contributed by atoms with Crippen molar-refractivity contribution in [2.75, 3.05) is 32.8 Å². The van der Waals surface area contributed by atoms with Gasteiger partial charge in [0.2, 0.25) is 0 Å². The first kappa shape index (κ1) is 14.9. The van der Waals surface area contributed by atoms with Crippen LogP contribution in [0.4, 0.5) is 0 Å². The van der Waals surface area contributed by atoms with E-state index in [9.17, 15) is 0 Å². The minimum absolute atomic E-state index is 0.0915. The highest BCUT2D eigenvalue weighted by Crippen LogP contribution is 2.18. The molecule has 0 aromatic carbocycles. The molecule has 3 heteroatoms. The number of ether oxygens (including phenoxy) is 1. The van der Waals surface area contributed by atoms with E-state index in [1.807, 2.05) is 0 Å². The van der Waals surface area contributed by atoms with Crippen LogP contribution in [0.15, 0.2) is 0 Å². The van der Waals surface area contributed by atoms with Gasteiger partial charge in [0, 0.05) is 17.4 Å². The molecule has 0 radical (unpaired) electrons. The highest BCUT2D eigenvalue weighted by atomic mass is 16.5. The minimum Gasteiger partial charge on any atom is -0.380 e. The van der Waals surface area contributed by atoms with Gasteiger partial charge in [-0.3, -0.25) is 0 Å². The number of hydrogen-bond acceptors (Lipinski definition) is 3. The molecule has 0 unspecified atom stereocenters. The standard InChI is InChI=1S/C12H28N2O/c1-6-14-8-12(4,5)10-15-9-11(2,3)7-13/h14H,6-10,13H2,1-5H3. The first-order valence-electron chi connectivity index (χ1n) is 5.81. The van der Waals surface area contributed by atoms with Gasteiger partial charge in [0.05, 0.1) is 13.2 Å². The van der Waals surface area contributed by atoms with E-state index >= 15 is 0 Å². The highest BCUT2D eigenvalue weighted by Gasteiger charge is 2.21. The lowest BCUT2D eigenvalue weighted by Crippen LogP contribution is -2.35. The molecule has 0 aromatic rings. The molecule has 0 heterocycles. The zero-order valence-electron chi connectivity index (χ0n) is 11.0. The van der Waals surface area contributed by atoms with Crippen molar-refractivity contribution in [3.8, 4) is 0 Å². The summed E-state index contributed by atoms with van der Waals surface area (Å²) in [7, 11) is 0. The molecule has 0 bridgehead atoms. The number of hydrogen-bond donors (Lipinski definition) is 2. The molecule has 3 nitrogen and oxygen atoms in total. The van der Waals surface area contributed by atoms with Gasteiger partial charge in [-0.05, 0) is 13.1 Å². The Kier molecular flexibility index (Phi) is 6.41. The fourth-order valence-corrected chi connectivity index (χ4v) is 1.18. The van der Waals surface area contributed by atoms with Crippen molar-refractivity contribution in [2.24, 2.45) is 16.6 Å². The number of rotatable bonds is 8. The average Bonchev–Trinajstić information content (AvgIpc) is 2.14. The molecule has 0 fully saturated rings. The molecule has 0 amide bonds. The summed E-state index contributed by atoms with van der Waals surface area (Å²) in [5, 5.41) is 3.35. The molecule has 3 N–H and O–H groups in total. The summed E-state index contributed by atoms with van der Waals surface area (Å²) in [6, 6.07) is 0. The summed E-state index contributed by atoms with van der Waals surface area (Å²) in [5.41, 5.74) is 5.93. The molecule has 0 rings (SSSR count). The van der Waals surface area contributed by atoms with Gasteiger partial charge in [0.25, 0.3) is 0 Å². The molecule has 0 atom stereocenters. The van der Waals surface area contributed by atoms with E-state index < -0.39 is 0 Å². The van der Waals surface area contributed by atoms with Crippen LogP contribution in [-0.2, 0) is 4.74 Å². The Balaban J connectivity index is 3.74. The largest absolute Gasteiger partial charge is 0.380 e. The van der Waals surface area contributed by atoms with Crippen molar-refractivity contribution in [3.63, 3.8) is 0 Å². The van der Waals surface area contributed by atoms with Gasteiger partial charge in [0.15, 0.2) is 0 Å². The number of nitrogens with one attached hydrogen (secondary N) is 1. The monoisotopic (exact) mass is 216 g/mol. The summed E-state index contributed by atoms with van der Waals surface area (Å²) in [6.45, 7) is 15.0. The summed E-state index contributed by atoms with van der Waals surface area (Å²) < 4.78 is 5.73. The normalized spacial score (nSPS) is 13.2. The van der Waals surface area contributed by atoms with Gasteiger partial charge in [-0.1, -0.05) is 34.6 Å². The van der Waals surface area contributed by atoms with E-state index in [1.54, 1.807) is 0 Å². The predicted octanol–water partition coefficient (Wildman–Crippen LogP) is 1.62. The van der Waals surface area contributed by atoms with Crippen molar-refractivity contribution >= 4 is 0 Å². The zero-order valence-corrected chi connectivity index (χ0v) is 11.0. The van der Waals surface area contributed by atoms with Gasteiger partial charge in [-0.15, -0.1) is 0 Å². The third-order valence-corrected chi connectivity index (χ3v) is 2.39. The Morgan fingerprint density at radius 2 is 1.60 bits per heavy atom. The number of nitrogens with two attached hydrogens (primary N) is 1. The van der Waals surface area contributed by atoms with Crippen molar-refractivity contribution < 1.29 is 4.74 Å². The van der Waals surface area contributed by atoms with Crippen LogP contribution >= 0.6 is 0 Å². The second kappa shape index (κ2) is 6.46. The molecule has 0 saturated carbocycles. The topological polar surface area (TPSA) is 47.3 Å². The summed E-state index contributed by atoms with van der Waals surface area (Å²) in [4.78, 5) is 0. The van der Waals surface area contributed by atoms with E-state index in [0.29, 0.717) is 6.54 Å². The lowest BCUT2D eigenvalue weighted by molar-refractivity contribution is 0.0185. The first-order chi connectivity index (χ1) is 6.83. The third kappa shape index (κ3) is 7.77. The van der Waals surface area contributed by atoms with Crippen molar-refractivity contribution in [1.82, 2.24) is 5.32 Å². The van der Waals surface area contributed by atoms with E-state index in [1.165, 1.54) is 0 Å². The molecule has 0 aliphatic heterocycles. The quantitative estimate of drug-likeness (QED) is 0.648. The molecule has 92 valence electrons. The molecule has 0 saturated heterocycles. The van der Waals surface area contributed by atoms with Crippen LogP contribution in [0.25, 0.3) is 0 Å². The maximum absolute atomic E-state index is 5.73. The second-order valence-electron chi connectivity index (χ2n) is 5.81. The van der Waals surface area contributed by atoms with Crippen LogP contribution < -0.4 is 11.1 Å². The predicted molar refractivity (Wildman–Crippen MR) is 66.0 cm³/mol. The fourth-order valence-electron chi connectivity index (χ4n) is 1.18. The average molecular weight is 216 g/mol. The Labute approximate surface area is 94.8 Å². The molecule has 0 aliphatic carbocycles. The molecule has 0 spiro atoms. The van der Waals surface area contributed by atoms with Crippen LogP contribution in [-0.4, -0.2) is 32.8 Å². The van der Waals surface area contributed by atoms with Gasteiger partial charge >= 0.3 is 0 Å². The van der Waals surface area contributed by atoms with Gasteiger partial charge in [0.1, 0.15) is 0 Å². The lowest BCUT2D eigenvalue weighted by atomic mass is 9.93. The van der Waals surface area contributed by atoms with Crippen LogP contribution in [0.3, 0.4) is 0 Å². The maximum atomic E-state index is 5.73. The van der Waals surface area contributed by atoms with Crippen LogP contribution in [0.2, 0.25) is 0 Å². The summed E-state index contributed by atoms with van der Waals surface area (Å²) >= 11 is 0. The third-order valence-electron chi connectivity index (χ3n) is 2.39. The molecule has 15 heavy (non-hydrogen) atoms. The SMILES string of the molecule is CCNCC(C)(C)COCC(C)(C)CN. The smallest absolute Gasteiger partial charge is 0.0529 e. The van der Waals surface area contributed by atoms with Crippen molar-refractivity contribution in [3.05, 3.63) is 0 Å². The van der Waals surface area contributed by atoms with Crippen molar-refractivity contribution in [1.29, 1.82) is 0 Å². The zero-order chi connectivity index (χ0) is 11.9. The van der Waals surface area contributed by atoms with E-state index in [0.717, 1.165) is 26.3 Å². The lowest BCUT2D eigenvalue weighted by Gasteiger charge is -2.28. The maximum Gasteiger partial charge on any atom is 0.0529 e. The van der Waals surface area contributed by atoms with Gasteiger partial charge in [-0.2, -0.15) is 0 Å². The fraction of sp³-hybridized carbons (Fsp3) is 1.00. The molecular weight excluding hydrogens is 188 g/mol. The Hall–Kier alpha value is -0.120. The Bertz CT molecular complexity index is 167. The van der Waals surface area contributed by atoms with Gasteiger partial charge in [-0.25, -0.2) is 0 Å². The molecule has 0 aliphatic rings. The Morgan fingerprint density at radius 1 is 1.07 bits per heavy atom. The van der Waals surface area contributed by atoms with Crippen LogP contribution in [0.5, 0.6) is 0 Å². The summed E-state index contributed by atoms with van der Waals surface area (Å²) in [5.74, 6) is 0. The highest BCUT2D eigenvalue weighted by molar-refractivity contribution is 4.73. The Morgan fingerprint density at radius 3 is 2.07 bits per heavy atom. The van der Waals surface area contributed by atoms with E-state index in [2.05, 4.69) is 39.9 Å². The van der Waals surface area contributed by atoms with Gasteiger partial charge < -0.3 is 15.8 Å². The van der Waals surface area contributed by atoms with Crippen LogP contribution in [0.1, 0.15) is 34.6 Å². The van der Waals surface area contributed by atoms with Crippen molar-refractivity contribution in [2.45, 2.75) is 34.6 Å².